The van der Waals surface area contributed by atoms with Crippen molar-refractivity contribution in [2.45, 2.75) is 24.5 Å². The highest BCUT2D eigenvalue weighted by Gasteiger charge is 2.30. The SMILES string of the molecule is N[C@H](C(=O)NCC1(O)CCOCC1)c1ccccc1. The molecule has 19 heavy (non-hydrogen) atoms. The third kappa shape index (κ3) is 3.76. The van der Waals surface area contributed by atoms with Gasteiger partial charge < -0.3 is 20.9 Å². The van der Waals surface area contributed by atoms with Gasteiger partial charge >= 0.3 is 0 Å². The van der Waals surface area contributed by atoms with E-state index in [0.717, 1.165) is 5.56 Å². The van der Waals surface area contributed by atoms with Crippen LogP contribution in [0.15, 0.2) is 30.3 Å². The number of nitrogens with two attached hydrogens (primary N) is 1. The van der Waals surface area contributed by atoms with Crippen molar-refractivity contribution in [2.75, 3.05) is 19.8 Å². The van der Waals surface area contributed by atoms with Crippen molar-refractivity contribution in [1.29, 1.82) is 0 Å². The molecule has 0 aromatic heterocycles. The number of amides is 1. The van der Waals surface area contributed by atoms with Gasteiger partial charge in [-0.1, -0.05) is 30.3 Å². The standard InChI is InChI=1S/C14H20N2O3/c15-12(11-4-2-1-3-5-11)13(17)16-10-14(18)6-8-19-9-7-14/h1-5,12,18H,6-10,15H2,(H,16,17)/t12-/m0/s1. The van der Waals surface area contributed by atoms with Gasteiger partial charge in [0.15, 0.2) is 0 Å². The van der Waals surface area contributed by atoms with E-state index in [4.69, 9.17) is 10.5 Å². The van der Waals surface area contributed by atoms with Gasteiger partial charge in [0.1, 0.15) is 6.04 Å². The zero-order valence-electron chi connectivity index (χ0n) is 10.8. The van der Waals surface area contributed by atoms with Crippen molar-refractivity contribution in [1.82, 2.24) is 5.32 Å². The molecule has 0 aliphatic carbocycles. The summed E-state index contributed by atoms with van der Waals surface area (Å²) in [5.41, 5.74) is 5.77. The quantitative estimate of drug-likeness (QED) is 0.732. The van der Waals surface area contributed by atoms with Crippen molar-refractivity contribution in [3.05, 3.63) is 35.9 Å². The first-order chi connectivity index (χ1) is 9.11. The highest BCUT2D eigenvalue weighted by molar-refractivity contribution is 5.82. The minimum atomic E-state index is -0.871. The van der Waals surface area contributed by atoms with Gasteiger partial charge in [-0.05, 0) is 5.56 Å². The van der Waals surface area contributed by atoms with Crippen molar-refractivity contribution < 1.29 is 14.6 Å². The minimum absolute atomic E-state index is 0.218. The summed E-state index contributed by atoms with van der Waals surface area (Å²) in [6, 6.07) is 8.48. The Morgan fingerprint density at radius 1 is 1.37 bits per heavy atom. The Bertz CT molecular complexity index is 416. The fourth-order valence-corrected chi connectivity index (χ4v) is 2.10. The van der Waals surface area contributed by atoms with Gasteiger partial charge in [0.05, 0.1) is 5.60 Å². The Balaban J connectivity index is 1.87. The second-order valence-electron chi connectivity index (χ2n) is 4.94. The molecule has 1 atom stereocenters. The number of carbonyl (C=O) groups excluding carboxylic acids is 1. The van der Waals surface area contributed by atoms with Crippen LogP contribution in [-0.4, -0.2) is 36.4 Å². The third-order valence-electron chi connectivity index (χ3n) is 3.46. The molecular weight excluding hydrogens is 244 g/mol. The number of carbonyl (C=O) groups is 1. The first kappa shape index (κ1) is 14.0. The zero-order chi connectivity index (χ0) is 13.7. The Morgan fingerprint density at radius 2 is 2.00 bits per heavy atom. The summed E-state index contributed by atoms with van der Waals surface area (Å²) in [5.74, 6) is -0.272. The molecule has 1 aromatic rings. The van der Waals surface area contributed by atoms with Crippen LogP contribution in [0.3, 0.4) is 0 Å². The number of benzene rings is 1. The van der Waals surface area contributed by atoms with Gasteiger partial charge in [0, 0.05) is 32.6 Å². The molecular formula is C14H20N2O3. The molecule has 5 heteroatoms. The topological polar surface area (TPSA) is 84.6 Å². The molecule has 1 aliphatic rings. The molecule has 0 bridgehead atoms. The lowest BCUT2D eigenvalue weighted by atomic mass is 9.94. The maximum atomic E-state index is 11.9. The third-order valence-corrected chi connectivity index (χ3v) is 3.46. The minimum Gasteiger partial charge on any atom is -0.388 e. The molecule has 1 heterocycles. The summed E-state index contributed by atoms with van der Waals surface area (Å²) >= 11 is 0. The highest BCUT2D eigenvalue weighted by atomic mass is 16.5. The van der Waals surface area contributed by atoms with Gasteiger partial charge in [-0.2, -0.15) is 0 Å². The number of ether oxygens (including phenoxy) is 1. The first-order valence-corrected chi connectivity index (χ1v) is 6.49. The number of hydrogen-bond donors (Lipinski definition) is 3. The maximum absolute atomic E-state index is 11.9. The second-order valence-corrected chi connectivity index (χ2v) is 4.94. The predicted octanol–water partition coefficient (Wildman–Crippen LogP) is 0.344. The smallest absolute Gasteiger partial charge is 0.241 e. The Hall–Kier alpha value is -1.43. The molecule has 0 spiro atoms. The van der Waals surface area contributed by atoms with Gasteiger partial charge in [0.2, 0.25) is 5.91 Å². The highest BCUT2D eigenvalue weighted by Crippen LogP contribution is 2.19. The molecule has 0 saturated carbocycles. The molecule has 104 valence electrons. The molecule has 1 saturated heterocycles. The molecule has 1 amide bonds. The predicted molar refractivity (Wildman–Crippen MR) is 71.4 cm³/mol. The molecule has 0 unspecified atom stereocenters. The fraction of sp³-hybridized carbons (Fsp3) is 0.500. The van der Waals surface area contributed by atoms with Crippen LogP contribution < -0.4 is 11.1 Å². The van der Waals surface area contributed by atoms with E-state index >= 15 is 0 Å². The number of nitrogens with one attached hydrogen (secondary N) is 1. The molecule has 2 rings (SSSR count). The van der Waals surface area contributed by atoms with Crippen molar-refractivity contribution in [3.63, 3.8) is 0 Å². The number of rotatable bonds is 4. The van der Waals surface area contributed by atoms with E-state index in [-0.39, 0.29) is 12.5 Å². The van der Waals surface area contributed by atoms with Crippen LogP contribution in [0.5, 0.6) is 0 Å². The summed E-state index contributed by atoms with van der Waals surface area (Å²) in [7, 11) is 0. The van der Waals surface area contributed by atoms with Gasteiger partial charge in [-0.3, -0.25) is 4.79 Å². The van der Waals surface area contributed by atoms with Crippen LogP contribution in [0.1, 0.15) is 24.4 Å². The van der Waals surface area contributed by atoms with Crippen LogP contribution in [-0.2, 0) is 9.53 Å². The average molecular weight is 264 g/mol. The second kappa shape index (κ2) is 6.14. The normalized spacial score (nSPS) is 19.7. The molecule has 0 radical (unpaired) electrons. The van der Waals surface area contributed by atoms with E-state index in [1.165, 1.54) is 0 Å². The lowest BCUT2D eigenvalue weighted by Gasteiger charge is -2.32. The summed E-state index contributed by atoms with van der Waals surface area (Å²) in [6.07, 6.45) is 1.07. The van der Waals surface area contributed by atoms with Crippen molar-refractivity contribution >= 4 is 5.91 Å². The van der Waals surface area contributed by atoms with Crippen LogP contribution >= 0.6 is 0 Å². The van der Waals surface area contributed by atoms with Crippen LogP contribution in [0.2, 0.25) is 0 Å². The number of hydrogen-bond acceptors (Lipinski definition) is 4. The lowest BCUT2D eigenvalue weighted by molar-refractivity contribution is -0.125. The van der Waals surface area contributed by atoms with Crippen LogP contribution in [0.25, 0.3) is 0 Å². The summed E-state index contributed by atoms with van der Waals surface area (Å²) in [4.78, 5) is 11.9. The Morgan fingerprint density at radius 3 is 2.63 bits per heavy atom. The van der Waals surface area contributed by atoms with Gasteiger partial charge in [0.25, 0.3) is 0 Å². The summed E-state index contributed by atoms with van der Waals surface area (Å²) < 4.78 is 5.19. The van der Waals surface area contributed by atoms with Crippen LogP contribution in [0.4, 0.5) is 0 Å². The summed E-state index contributed by atoms with van der Waals surface area (Å²) in [6.45, 7) is 1.27. The zero-order valence-corrected chi connectivity index (χ0v) is 10.8. The fourth-order valence-electron chi connectivity index (χ4n) is 2.10. The first-order valence-electron chi connectivity index (χ1n) is 6.49. The van der Waals surface area contributed by atoms with Crippen LogP contribution in [0, 0.1) is 0 Å². The summed E-state index contributed by atoms with van der Waals surface area (Å²) in [5, 5.41) is 13.0. The molecule has 4 N–H and O–H groups in total. The van der Waals surface area contributed by atoms with E-state index < -0.39 is 11.6 Å². The van der Waals surface area contributed by atoms with E-state index in [0.29, 0.717) is 26.1 Å². The Labute approximate surface area is 112 Å². The van der Waals surface area contributed by atoms with E-state index in [9.17, 15) is 9.90 Å². The van der Waals surface area contributed by atoms with Gasteiger partial charge in [-0.15, -0.1) is 0 Å². The molecule has 1 fully saturated rings. The lowest BCUT2D eigenvalue weighted by Crippen LogP contribution is -2.48. The maximum Gasteiger partial charge on any atom is 0.241 e. The molecule has 1 aromatic carbocycles. The largest absolute Gasteiger partial charge is 0.388 e. The Kier molecular flexibility index (Phi) is 4.52. The average Bonchev–Trinajstić information content (AvgIpc) is 2.46. The van der Waals surface area contributed by atoms with Crippen molar-refractivity contribution in [2.24, 2.45) is 5.73 Å². The monoisotopic (exact) mass is 264 g/mol. The van der Waals surface area contributed by atoms with Crippen molar-refractivity contribution in [3.8, 4) is 0 Å². The molecule has 5 nitrogen and oxygen atoms in total. The van der Waals surface area contributed by atoms with E-state index in [1.54, 1.807) is 0 Å². The van der Waals surface area contributed by atoms with E-state index in [1.807, 2.05) is 30.3 Å². The van der Waals surface area contributed by atoms with E-state index in [2.05, 4.69) is 5.32 Å². The van der Waals surface area contributed by atoms with Gasteiger partial charge in [-0.25, -0.2) is 0 Å². The number of aliphatic hydroxyl groups is 1. The molecule has 1 aliphatic heterocycles.